The van der Waals surface area contributed by atoms with Gasteiger partial charge >= 0.3 is 0 Å². The molecule has 0 aromatic heterocycles. The van der Waals surface area contributed by atoms with E-state index in [1.165, 1.54) is 19.3 Å². The van der Waals surface area contributed by atoms with Crippen molar-refractivity contribution in [2.45, 2.75) is 39.5 Å². The topological polar surface area (TPSA) is 35.2 Å². The largest absolute Gasteiger partial charge is 0.471 e. The third kappa shape index (κ3) is 9.69. The van der Waals surface area contributed by atoms with Crippen LogP contribution < -0.4 is 5.73 Å². The lowest BCUT2D eigenvalue weighted by Gasteiger charge is -2.04. The van der Waals surface area contributed by atoms with Gasteiger partial charge in [0.25, 0.3) is 5.17 Å². The van der Waals surface area contributed by atoms with E-state index in [0.29, 0.717) is 6.61 Å². The van der Waals surface area contributed by atoms with Crippen LogP contribution in [0.25, 0.3) is 0 Å². The standard InChI is InChI=1S/C9H19NOS/c1-8(2)6-4-3-5-7-11-9(10)12/h8H,3-7H2,1-2H3,(H2,10,12). The average Bonchev–Trinajstić information content (AvgIpc) is 1.95. The first kappa shape index (κ1) is 11.7. The summed E-state index contributed by atoms with van der Waals surface area (Å²) in [5, 5.41) is 0.166. The van der Waals surface area contributed by atoms with E-state index in [1.807, 2.05) is 0 Å². The monoisotopic (exact) mass is 189 g/mol. The fourth-order valence-corrected chi connectivity index (χ4v) is 1.09. The zero-order valence-corrected chi connectivity index (χ0v) is 8.82. The van der Waals surface area contributed by atoms with E-state index in [2.05, 4.69) is 26.1 Å². The molecule has 2 nitrogen and oxygen atoms in total. The van der Waals surface area contributed by atoms with Gasteiger partial charge in [-0.25, -0.2) is 0 Å². The first-order valence-corrected chi connectivity index (χ1v) is 4.96. The van der Waals surface area contributed by atoms with Gasteiger partial charge in [0, 0.05) is 0 Å². The summed E-state index contributed by atoms with van der Waals surface area (Å²) in [6, 6.07) is 0. The van der Waals surface area contributed by atoms with Crippen molar-refractivity contribution in [2.24, 2.45) is 11.7 Å². The second kappa shape index (κ2) is 7.35. The summed E-state index contributed by atoms with van der Waals surface area (Å²) in [5.74, 6) is 0.807. The molecule has 0 spiro atoms. The quantitative estimate of drug-likeness (QED) is 0.515. The van der Waals surface area contributed by atoms with Crippen LogP contribution in [0.5, 0.6) is 0 Å². The van der Waals surface area contributed by atoms with E-state index in [1.54, 1.807) is 0 Å². The minimum atomic E-state index is 0.166. The lowest BCUT2D eigenvalue weighted by molar-refractivity contribution is 0.294. The van der Waals surface area contributed by atoms with E-state index >= 15 is 0 Å². The molecule has 72 valence electrons. The molecule has 2 N–H and O–H groups in total. The number of hydrogen-bond acceptors (Lipinski definition) is 2. The maximum Gasteiger partial charge on any atom is 0.253 e. The lowest BCUT2D eigenvalue weighted by atomic mass is 10.1. The van der Waals surface area contributed by atoms with Gasteiger partial charge in [-0.15, -0.1) is 0 Å². The Labute approximate surface area is 80.5 Å². The van der Waals surface area contributed by atoms with E-state index in [-0.39, 0.29) is 5.17 Å². The van der Waals surface area contributed by atoms with E-state index < -0.39 is 0 Å². The molecular formula is C9H19NOS. The molecule has 0 aliphatic carbocycles. The molecule has 0 rings (SSSR count). The normalized spacial score (nSPS) is 10.2. The molecular weight excluding hydrogens is 170 g/mol. The molecule has 0 radical (unpaired) electrons. The molecule has 0 aromatic carbocycles. The number of thiocarbonyl (C=S) groups is 1. The second-order valence-corrected chi connectivity index (χ2v) is 3.81. The Morgan fingerprint density at radius 3 is 2.50 bits per heavy atom. The second-order valence-electron chi connectivity index (χ2n) is 3.41. The van der Waals surface area contributed by atoms with Crippen LogP contribution in [0.1, 0.15) is 39.5 Å². The summed E-state index contributed by atoms with van der Waals surface area (Å²) in [4.78, 5) is 0. The fraction of sp³-hybridized carbons (Fsp3) is 0.889. The van der Waals surface area contributed by atoms with Gasteiger partial charge in [-0.2, -0.15) is 0 Å². The molecule has 0 aromatic rings. The Hall–Kier alpha value is -0.310. The summed E-state index contributed by atoms with van der Waals surface area (Å²) in [6.45, 7) is 5.16. The van der Waals surface area contributed by atoms with E-state index in [9.17, 15) is 0 Å². The van der Waals surface area contributed by atoms with Gasteiger partial charge in [0.05, 0.1) is 6.61 Å². The van der Waals surface area contributed by atoms with Crippen molar-refractivity contribution < 1.29 is 4.74 Å². The fourth-order valence-electron chi connectivity index (χ4n) is 1.00. The predicted octanol–water partition coefficient (Wildman–Crippen LogP) is 2.46. The molecule has 0 saturated carbocycles. The molecule has 0 atom stereocenters. The van der Waals surface area contributed by atoms with Crippen LogP contribution in [0.15, 0.2) is 0 Å². The zero-order chi connectivity index (χ0) is 9.40. The number of rotatable bonds is 6. The highest BCUT2D eigenvalue weighted by Gasteiger charge is 1.94. The highest BCUT2D eigenvalue weighted by molar-refractivity contribution is 7.80. The van der Waals surface area contributed by atoms with Crippen molar-refractivity contribution in [1.82, 2.24) is 0 Å². The van der Waals surface area contributed by atoms with Gasteiger partial charge < -0.3 is 10.5 Å². The van der Waals surface area contributed by atoms with Gasteiger partial charge in [0.15, 0.2) is 0 Å². The number of unbranched alkanes of at least 4 members (excludes halogenated alkanes) is 2. The number of hydrogen-bond donors (Lipinski definition) is 1. The first-order chi connectivity index (χ1) is 5.63. The third-order valence-corrected chi connectivity index (χ3v) is 1.79. The van der Waals surface area contributed by atoms with Crippen LogP contribution in [-0.4, -0.2) is 11.8 Å². The van der Waals surface area contributed by atoms with Crippen LogP contribution in [0.3, 0.4) is 0 Å². The molecule has 0 heterocycles. The summed E-state index contributed by atoms with van der Waals surface area (Å²) >= 11 is 4.57. The van der Waals surface area contributed by atoms with Crippen molar-refractivity contribution in [3.05, 3.63) is 0 Å². The summed E-state index contributed by atoms with van der Waals surface area (Å²) in [6.07, 6.45) is 4.84. The highest BCUT2D eigenvalue weighted by atomic mass is 32.1. The predicted molar refractivity (Wildman–Crippen MR) is 56.0 cm³/mol. The van der Waals surface area contributed by atoms with Gasteiger partial charge in [-0.05, 0) is 24.6 Å². The van der Waals surface area contributed by atoms with Crippen LogP contribution >= 0.6 is 12.2 Å². The van der Waals surface area contributed by atoms with Gasteiger partial charge in [-0.3, -0.25) is 0 Å². The zero-order valence-electron chi connectivity index (χ0n) is 8.01. The molecule has 0 aliphatic heterocycles. The molecule has 0 fully saturated rings. The number of nitrogens with two attached hydrogens (primary N) is 1. The Kier molecular flexibility index (Phi) is 7.16. The van der Waals surface area contributed by atoms with Gasteiger partial charge in [0.2, 0.25) is 0 Å². The smallest absolute Gasteiger partial charge is 0.253 e. The van der Waals surface area contributed by atoms with Crippen molar-refractivity contribution in [1.29, 1.82) is 0 Å². The van der Waals surface area contributed by atoms with Crippen LogP contribution in [0.4, 0.5) is 0 Å². The maximum absolute atomic E-state index is 5.16. The van der Waals surface area contributed by atoms with Crippen molar-refractivity contribution in [3.8, 4) is 0 Å². The summed E-state index contributed by atoms with van der Waals surface area (Å²) in [5.41, 5.74) is 5.16. The van der Waals surface area contributed by atoms with Gasteiger partial charge in [0.1, 0.15) is 0 Å². The van der Waals surface area contributed by atoms with Crippen LogP contribution in [0, 0.1) is 5.92 Å². The molecule has 0 saturated heterocycles. The summed E-state index contributed by atoms with van der Waals surface area (Å²) in [7, 11) is 0. The molecule has 0 aliphatic rings. The highest BCUT2D eigenvalue weighted by Crippen LogP contribution is 2.07. The average molecular weight is 189 g/mol. The Morgan fingerprint density at radius 2 is 2.00 bits per heavy atom. The summed E-state index contributed by atoms with van der Waals surface area (Å²) < 4.78 is 4.96. The molecule has 12 heavy (non-hydrogen) atoms. The SMILES string of the molecule is CC(C)CCCCCOC(N)=S. The lowest BCUT2D eigenvalue weighted by Crippen LogP contribution is -2.13. The first-order valence-electron chi connectivity index (χ1n) is 4.55. The molecule has 0 bridgehead atoms. The Morgan fingerprint density at radius 1 is 1.33 bits per heavy atom. The van der Waals surface area contributed by atoms with E-state index in [0.717, 1.165) is 12.3 Å². The van der Waals surface area contributed by atoms with Crippen molar-refractivity contribution >= 4 is 17.4 Å². The molecule has 0 amide bonds. The minimum absolute atomic E-state index is 0.166. The maximum atomic E-state index is 5.16. The minimum Gasteiger partial charge on any atom is -0.471 e. The van der Waals surface area contributed by atoms with Crippen LogP contribution in [0.2, 0.25) is 0 Å². The van der Waals surface area contributed by atoms with Crippen molar-refractivity contribution in [3.63, 3.8) is 0 Å². The van der Waals surface area contributed by atoms with Crippen LogP contribution in [-0.2, 0) is 4.74 Å². The van der Waals surface area contributed by atoms with Gasteiger partial charge in [-0.1, -0.05) is 33.1 Å². The molecule has 3 heteroatoms. The third-order valence-electron chi connectivity index (χ3n) is 1.67. The van der Waals surface area contributed by atoms with Crippen molar-refractivity contribution in [2.75, 3.05) is 6.61 Å². The Bertz CT molecular complexity index is 126. The Balaban J connectivity index is 2.96. The van der Waals surface area contributed by atoms with E-state index in [4.69, 9.17) is 10.5 Å². The number of ether oxygens (including phenoxy) is 1. The molecule has 0 unspecified atom stereocenters.